The lowest BCUT2D eigenvalue weighted by atomic mass is 10.1. The summed E-state index contributed by atoms with van der Waals surface area (Å²) in [4.78, 5) is 36.9. The molecule has 0 aliphatic heterocycles. The molecule has 0 saturated carbocycles. The van der Waals surface area contributed by atoms with Crippen LogP contribution in [0.25, 0.3) is 26.9 Å². The van der Waals surface area contributed by atoms with E-state index in [1.165, 1.54) is 17.5 Å². The number of aromatic amines is 1. The van der Waals surface area contributed by atoms with Crippen LogP contribution >= 0.6 is 11.3 Å². The number of nitrogens with one attached hydrogen (secondary N) is 2. The number of carbonyl (C=O) groups excluding carboxylic acids is 1. The Morgan fingerprint density at radius 1 is 1.16 bits per heavy atom. The number of anilines is 1. The second kappa shape index (κ2) is 8.01. The van der Waals surface area contributed by atoms with Crippen molar-refractivity contribution >= 4 is 43.6 Å². The fourth-order valence-electron chi connectivity index (χ4n) is 3.68. The van der Waals surface area contributed by atoms with Gasteiger partial charge < -0.3 is 10.3 Å². The molecule has 0 atom stereocenters. The van der Waals surface area contributed by atoms with Crippen molar-refractivity contribution in [2.75, 3.05) is 5.32 Å². The zero-order valence-electron chi connectivity index (χ0n) is 17.5. The summed E-state index contributed by atoms with van der Waals surface area (Å²) in [5.74, 6) is 0.254. The molecule has 32 heavy (non-hydrogen) atoms. The number of aromatic nitrogens is 5. The van der Waals surface area contributed by atoms with Gasteiger partial charge in [0, 0.05) is 12.8 Å². The third-order valence-corrected chi connectivity index (χ3v) is 6.07. The fraction of sp³-hybridized carbons (Fsp3) is 0.174. The van der Waals surface area contributed by atoms with Crippen LogP contribution in [0.1, 0.15) is 23.4 Å². The minimum atomic E-state index is -0.274. The van der Waals surface area contributed by atoms with E-state index in [9.17, 15) is 9.59 Å². The van der Waals surface area contributed by atoms with Gasteiger partial charge in [0.25, 0.3) is 5.56 Å². The molecule has 0 saturated heterocycles. The number of H-pyrrole nitrogens is 1. The molecule has 0 fully saturated rings. The monoisotopic (exact) mass is 444 g/mol. The van der Waals surface area contributed by atoms with Gasteiger partial charge in [-0.1, -0.05) is 35.6 Å². The van der Waals surface area contributed by atoms with Crippen LogP contribution in [0.2, 0.25) is 0 Å². The Morgan fingerprint density at radius 2 is 1.97 bits per heavy atom. The average Bonchev–Trinajstić information content (AvgIpc) is 3.37. The second-order valence-corrected chi connectivity index (χ2v) is 8.67. The summed E-state index contributed by atoms with van der Waals surface area (Å²) in [6, 6.07) is 13.6. The molecular weight excluding hydrogens is 424 g/mol. The van der Waals surface area contributed by atoms with Crippen LogP contribution in [0.3, 0.4) is 0 Å². The number of carbonyl (C=O) groups is 1. The topological polar surface area (TPSA) is 106 Å². The van der Waals surface area contributed by atoms with Gasteiger partial charge in [0.1, 0.15) is 11.2 Å². The predicted molar refractivity (Wildman–Crippen MR) is 126 cm³/mol. The maximum atomic E-state index is 12.5. The lowest BCUT2D eigenvalue weighted by Crippen LogP contribution is -2.16. The molecule has 0 bridgehead atoms. The molecule has 8 nitrogen and oxygen atoms in total. The van der Waals surface area contributed by atoms with Crippen molar-refractivity contribution < 1.29 is 4.79 Å². The Morgan fingerprint density at radius 3 is 2.78 bits per heavy atom. The molecule has 5 aromatic rings. The summed E-state index contributed by atoms with van der Waals surface area (Å²) in [6.07, 6.45) is 1.96. The van der Waals surface area contributed by atoms with E-state index in [1.807, 2.05) is 44.2 Å². The van der Waals surface area contributed by atoms with Crippen molar-refractivity contribution in [1.29, 1.82) is 0 Å². The molecule has 0 radical (unpaired) electrons. The van der Waals surface area contributed by atoms with Crippen LogP contribution in [0.4, 0.5) is 5.13 Å². The number of hydrogen-bond donors (Lipinski definition) is 2. The number of para-hydroxylation sites is 1. The normalized spacial score (nSPS) is 11.3. The zero-order valence-corrected chi connectivity index (χ0v) is 18.4. The van der Waals surface area contributed by atoms with Crippen molar-refractivity contribution in [3.05, 3.63) is 76.0 Å². The van der Waals surface area contributed by atoms with E-state index in [-0.39, 0.29) is 17.9 Å². The standard InChI is InChI=1S/C23H20N6O2S/c1-13-10-14(2)20-17(11-13)32-23(28-20)27-19(30)9-8-18-25-21-16(22(31)26-18)12-24-29(21)15-6-4-3-5-7-15/h3-7,10-12H,8-9H2,1-2H3,(H,25,26,31)(H,27,28,30). The first kappa shape index (κ1) is 20.1. The van der Waals surface area contributed by atoms with E-state index in [0.717, 1.165) is 27.0 Å². The highest BCUT2D eigenvalue weighted by molar-refractivity contribution is 7.22. The highest BCUT2D eigenvalue weighted by Crippen LogP contribution is 2.29. The van der Waals surface area contributed by atoms with Gasteiger partial charge in [0.05, 0.1) is 22.1 Å². The summed E-state index contributed by atoms with van der Waals surface area (Å²) in [5.41, 5.74) is 4.16. The second-order valence-electron chi connectivity index (χ2n) is 7.64. The van der Waals surface area contributed by atoms with Crippen LogP contribution in [0.5, 0.6) is 0 Å². The maximum absolute atomic E-state index is 12.5. The van der Waals surface area contributed by atoms with Crippen LogP contribution in [-0.4, -0.2) is 30.6 Å². The number of aryl methyl sites for hydroxylation is 3. The van der Waals surface area contributed by atoms with Crippen molar-refractivity contribution in [1.82, 2.24) is 24.7 Å². The molecule has 3 aromatic heterocycles. The summed E-state index contributed by atoms with van der Waals surface area (Å²) in [7, 11) is 0. The number of benzene rings is 2. The highest BCUT2D eigenvalue weighted by atomic mass is 32.1. The third kappa shape index (κ3) is 3.78. The number of nitrogens with zero attached hydrogens (tertiary/aromatic N) is 4. The van der Waals surface area contributed by atoms with Crippen LogP contribution in [0, 0.1) is 13.8 Å². The number of hydrogen-bond acceptors (Lipinski definition) is 6. The quantitative estimate of drug-likeness (QED) is 0.428. The van der Waals surface area contributed by atoms with Crippen molar-refractivity contribution in [2.45, 2.75) is 26.7 Å². The SMILES string of the molecule is Cc1cc(C)c2nc(NC(=O)CCc3nc4c(cnn4-c4ccccc4)c(=O)[nH]3)sc2c1. The van der Waals surface area contributed by atoms with Gasteiger partial charge in [-0.15, -0.1) is 0 Å². The van der Waals surface area contributed by atoms with Gasteiger partial charge in [-0.3, -0.25) is 9.59 Å². The molecule has 0 spiro atoms. The molecule has 160 valence electrons. The van der Waals surface area contributed by atoms with Crippen LogP contribution in [0.15, 0.2) is 53.5 Å². The molecular formula is C23H20N6O2S. The van der Waals surface area contributed by atoms with E-state index < -0.39 is 0 Å². The minimum Gasteiger partial charge on any atom is -0.310 e. The summed E-state index contributed by atoms with van der Waals surface area (Å²) in [6.45, 7) is 4.05. The molecule has 9 heteroatoms. The Bertz CT molecular complexity index is 1520. The van der Waals surface area contributed by atoms with Crippen molar-refractivity contribution in [3.8, 4) is 5.69 Å². The lowest BCUT2D eigenvalue weighted by Gasteiger charge is -2.05. The number of fused-ring (bicyclic) bond motifs is 2. The predicted octanol–water partition coefficient (Wildman–Crippen LogP) is 3.91. The van der Waals surface area contributed by atoms with E-state index in [4.69, 9.17) is 0 Å². The van der Waals surface area contributed by atoms with E-state index in [2.05, 4.69) is 37.5 Å². The lowest BCUT2D eigenvalue weighted by molar-refractivity contribution is -0.116. The molecule has 0 aliphatic carbocycles. The van der Waals surface area contributed by atoms with Gasteiger partial charge in [-0.05, 0) is 43.2 Å². The average molecular weight is 445 g/mol. The first-order valence-corrected chi connectivity index (χ1v) is 11.0. The summed E-state index contributed by atoms with van der Waals surface area (Å²) >= 11 is 1.45. The van der Waals surface area contributed by atoms with Crippen LogP contribution in [-0.2, 0) is 11.2 Å². The molecule has 3 heterocycles. The maximum Gasteiger partial charge on any atom is 0.262 e. The van der Waals surface area contributed by atoms with Gasteiger partial charge >= 0.3 is 0 Å². The Labute approximate surface area is 187 Å². The molecule has 1 amide bonds. The van der Waals surface area contributed by atoms with Gasteiger partial charge in [-0.2, -0.15) is 5.10 Å². The van der Waals surface area contributed by atoms with Gasteiger partial charge in [0.15, 0.2) is 10.8 Å². The minimum absolute atomic E-state index is 0.169. The first-order chi connectivity index (χ1) is 15.5. The fourth-order valence-corrected chi connectivity index (χ4v) is 4.74. The zero-order chi connectivity index (χ0) is 22.2. The number of amides is 1. The Hall–Kier alpha value is -3.85. The van der Waals surface area contributed by atoms with Crippen molar-refractivity contribution in [2.24, 2.45) is 0 Å². The molecule has 2 N–H and O–H groups in total. The van der Waals surface area contributed by atoms with Crippen LogP contribution < -0.4 is 10.9 Å². The Balaban J connectivity index is 1.34. The summed E-state index contributed by atoms with van der Waals surface area (Å²) < 4.78 is 2.67. The first-order valence-electron chi connectivity index (χ1n) is 10.2. The summed E-state index contributed by atoms with van der Waals surface area (Å²) in [5, 5.41) is 8.14. The Kier molecular flexibility index (Phi) is 5.02. The van der Waals surface area contributed by atoms with E-state index in [1.54, 1.807) is 4.68 Å². The van der Waals surface area contributed by atoms with Gasteiger partial charge in [-0.25, -0.2) is 14.6 Å². The van der Waals surface area contributed by atoms with E-state index in [0.29, 0.717) is 28.4 Å². The molecule has 2 aromatic carbocycles. The van der Waals surface area contributed by atoms with E-state index >= 15 is 0 Å². The van der Waals surface area contributed by atoms with Crippen molar-refractivity contribution in [3.63, 3.8) is 0 Å². The third-order valence-electron chi connectivity index (χ3n) is 5.15. The highest BCUT2D eigenvalue weighted by Gasteiger charge is 2.14. The molecule has 5 rings (SSSR count). The number of rotatable bonds is 5. The van der Waals surface area contributed by atoms with Gasteiger partial charge in [0.2, 0.25) is 5.91 Å². The smallest absolute Gasteiger partial charge is 0.262 e. The molecule has 0 aliphatic rings. The largest absolute Gasteiger partial charge is 0.310 e. The molecule has 0 unspecified atom stereocenters. The number of thiazole rings is 1.